The van der Waals surface area contributed by atoms with Crippen molar-refractivity contribution in [1.82, 2.24) is 4.98 Å². The highest BCUT2D eigenvalue weighted by Crippen LogP contribution is 2.26. The number of nitrogens with two attached hydrogens (primary N) is 1. The van der Waals surface area contributed by atoms with Gasteiger partial charge in [-0.25, -0.2) is 4.98 Å². The van der Waals surface area contributed by atoms with E-state index in [-0.39, 0.29) is 10.7 Å². The average Bonchev–Trinajstić information content (AvgIpc) is 2.41. The number of anilines is 2. The summed E-state index contributed by atoms with van der Waals surface area (Å²) in [5.74, 6) is 0.177. The molecule has 0 fully saturated rings. The topological polar surface area (TPSA) is 77.2 Å². The summed E-state index contributed by atoms with van der Waals surface area (Å²) in [6, 6.07) is 6.96. The van der Waals surface area contributed by atoms with Gasteiger partial charge in [-0.15, -0.1) is 0 Å². The van der Waals surface area contributed by atoms with E-state index in [2.05, 4.69) is 10.3 Å². The van der Waals surface area contributed by atoms with Gasteiger partial charge in [-0.1, -0.05) is 17.7 Å². The van der Waals surface area contributed by atoms with E-state index in [9.17, 15) is 4.79 Å². The Labute approximate surface area is 121 Å². The van der Waals surface area contributed by atoms with Gasteiger partial charge in [0.2, 0.25) is 0 Å². The predicted octanol–water partition coefficient (Wildman–Crippen LogP) is 2.89. The second-order valence-electron chi connectivity index (χ2n) is 4.26. The van der Waals surface area contributed by atoms with Gasteiger partial charge in [0.05, 0.1) is 30.2 Å². The third kappa shape index (κ3) is 3.00. The molecule has 0 bridgehead atoms. The molecule has 2 rings (SSSR count). The van der Waals surface area contributed by atoms with E-state index in [4.69, 9.17) is 22.1 Å². The Bertz CT molecular complexity index is 659. The van der Waals surface area contributed by atoms with Crippen LogP contribution in [-0.4, -0.2) is 18.0 Å². The van der Waals surface area contributed by atoms with E-state index >= 15 is 0 Å². The summed E-state index contributed by atoms with van der Waals surface area (Å²) in [6.45, 7) is 1.92. The van der Waals surface area contributed by atoms with Crippen molar-refractivity contribution < 1.29 is 9.53 Å². The summed E-state index contributed by atoms with van der Waals surface area (Å²) in [7, 11) is 1.54. The van der Waals surface area contributed by atoms with Gasteiger partial charge >= 0.3 is 0 Å². The molecule has 0 aliphatic heterocycles. The van der Waals surface area contributed by atoms with E-state index in [1.807, 2.05) is 19.1 Å². The summed E-state index contributed by atoms with van der Waals surface area (Å²) < 4.78 is 5.20. The van der Waals surface area contributed by atoms with Crippen LogP contribution in [0.1, 0.15) is 15.9 Å². The molecule has 6 heteroatoms. The summed E-state index contributed by atoms with van der Waals surface area (Å²) in [6.07, 6.45) is 1.40. The van der Waals surface area contributed by atoms with Crippen LogP contribution >= 0.6 is 11.6 Å². The minimum Gasteiger partial charge on any atom is -0.495 e. The van der Waals surface area contributed by atoms with E-state index in [1.54, 1.807) is 6.07 Å². The number of hydrogen-bond donors (Lipinski definition) is 2. The second kappa shape index (κ2) is 5.79. The molecule has 2 aromatic rings. The minimum atomic E-state index is -0.390. The molecular weight excluding hydrogens is 278 g/mol. The lowest BCUT2D eigenvalue weighted by Crippen LogP contribution is -2.14. The third-order valence-electron chi connectivity index (χ3n) is 2.71. The molecule has 5 nitrogen and oxygen atoms in total. The molecule has 0 aliphatic rings. The quantitative estimate of drug-likeness (QED) is 0.853. The van der Waals surface area contributed by atoms with Crippen molar-refractivity contribution in [1.29, 1.82) is 0 Å². The fourth-order valence-corrected chi connectivity index (χ4v) is 1.92. The van der Waals surface area contributed by atoms with Gasteiger partial charge in [0.1, 0.15) is 10.9 Å². The third-order valence-corrected chi connectivity index (χ3v) is 3.01. The maximum Gasteiger partial charge on any atom is 0.258 e. The van der Waals surface area contributed by atoms with Gasteiger partial charge in [0.15, 0.2) is 0 Å². The van der Waals surface area contributed by atoms with E-state index in [1.165, 1.54) is 19.4 Å². The number of ether oxygens (including phenoxy) is 1. The van der Waals surface area contributed by atoms with Gasteiger partial charge in [0, 0.05) is 0 Å². The molecule has 0 radical (unpaired) electrons. The first-order valence-corrected chi connectivity index (χ1v) is 6.26. The lowest BCUT2D eigenvalue weighted by Gasteiger charge is -2.11. The van der Waals surface area contributed by atoms with Crippen LogP contribution in [0.25, 0.3) is 0 Å². The summed E-state index contributed by atoms with van der Waals surface area (Å²) >= 11 is 5.90. The van der Waals surface area contributed by atoms with E-state index < -0.39 is 5.91 Å². The molecule has 3 N–H and O–H groups in total. The number of nitrogen functional groups attached to an aromatic ring is 1. The molecule has 0 aliphatic carbocycles. The first kappa shape index (κ1) is 14.1. The molecule has 0 unspecified atom stereocenters. The number of aromatic nitrogens is 1. The second-order valence-corrected chi connectivity index (χ2v) is 4.62. The maximum atomic E-state index is 12.2. The zero-order valence-corrected chi connectivity index (χ0v) is 11.9. The molecule has 1 amide bonds. The van der Waals surface area contributed by atoms with Crippen LogP contribution < -0.4 is 15.8 Å². The van der Waals surface area contributed by atoms with Gasteiger partial charge in [-0.2, -0.15) is 0 Å². The molecule has 1 aromatic heterocycles. The number of halogens is 1. The molecule has 1 aromatic carbocycles. The van der Waals surface area contributed by atoms with Crippen LogP contribution in [0.15, 0.2) is 30.5 Å². The van der Waals surface area contributed by atoms with Crippen LogP contribution in [0.2, 0.25) is 5.15 Å². The number of pyridine rings is 1. The van der Waals surface area contributed by atoms with Crippen molar-refractivity contribution in [2.75, 3.05) is 18.2 Å². The van der Waals surface area contributed by atoms with Crippen LogP contribution in [0.3, 0.4) is 0 Å². The highest BCUT2D eigenvalue weighted by atomic mass is 35.5. The van der Waals surface area contributed by atoms with Crippen LogP contribution in [0.4, 0.5) is 11.4 Å². The molecule has 0 saturated heterocycles. The molecular formula is C14H14ClN3O2. The van der Waals surface area contributed by atoms with Crippen molar-refractivity contribution >= 4 is 28.9 Å². The van der Waals surface area contributed by atoms with Crippen molar-refractivity contribution in [3.63, 3.8) is 0 Å². The first-order valence-electron chi connectivity index (χ1n) is 5.88. The van der Waals surface area contributed by atoms with Crippen molar-refractivity contribution in [3.05, 3.63) is 46.7 Å². The summed E-state index contributed by atoms with van der Waals surface area (Å²) in [4.78, 5) is 16.1. The standard InChI is InChI=1S/C14H14ClN3O2/c1-8-3-4-12(20-2)11(5-8)18-14(19)10-6-9(16)7-17-13(10)15/h3-7H,16H2,1-2H3,(H,18,19). The highest BCUT2D eigenvalue weighted by molar-refractivity contribution is 6.33. The number of carbonyl (C=O) groups is 1. The van der Waals surface area contributed by atoms with Gasteiger partial charge in [-0.3, -0.25) is 4.79 Å². The molecule has 104 valence electrons. The highest BCUT2D eigenvalue weighted by Gasteiger charge is 2.14. The molecule has 0 atom stereocenters. The smallest absolute Gasteiger partial charge is 0.258 e. The Balaban J connectivity index is 2.32. The lowest BCUT2D eigenvalue weighted by atomic mass is 10.2. The first-order chi connectivity index (χ1) is 9.51. The fraction of sp³-hybridized carbons (Fsp3) is 0.143. The Kier molecular flexibility index (Phi) is 4.10. The zero-order valence-electron chi connectivity index (χ0n) is 11.1. The largest absolute Gasteiger partial charge is 0.495 e. The normalized spacial score (nSPS) is 10.2. The van der Waals surface area contributed by atoms with Crippen LogP contribution in [0.5, 0.6) is 5.75 Å². The monoisotopic (exact) mass is 291 g/mol. The molecule has 0 spiro atoms. The van der Waals surface area contributed by atoms with Crippen LogP contribution in [-0.2, 0) is 0 Å². The Morgan fingerprint density at radius 2 is 2.15 bits per heavy atom. The maximum absolute atomic E-state index is 12.2. The predicted molar refractivity (Wildman–Crippen MR) is 79.3 cm³/mol. The van der Waals surface area contributed by atoms with Gasteiger partial charge in [-0.05, 0) is 30.7 Å². The molecule has 20 heavy (non-hydrogen) atoms. The van der Waals surface area contributed by atoms with E-state index in [0.717, 1.165) is 5.56 Å². The number of carbonyl (C=O) groups excluding carboxylic acids is 1. The Hall–Kier alpha value is -2.27. The van der Waals surface area contributed by atoms with Crippen molar-refractivity contribution in [2.24, 2.45) is 0 Å². The molecule has 1 heterocycles. The number of hydrogen-bond acceptors (Lipinski definition) is 4. The number of benzene rings is 1. The Morgan fingerprint density at radius 1 is 1.40 bits per heavy atom. The van der Waals surface area contributed by atoms with Gasteiger partial charge in [0.25, 0.3) is 5.91 Å². The lowest BCUT2D eigenvalue weighted by molar-refractivity contribution is 0.102. The summed E-state index contributed by atoms with van der Waals surface area (Å²) in [5.41, 5.74) is 7.77. The minimum absolute atomic E-state index is 0.100. The number of rotatable bonds is 3. The zero-order chi connectivity index (χ0) is 14.7. The molecule has 0 saturated carbocycles. The van der Waals surface area contributed by atoms with Gasteiger partial charge < -0.3 is 15.8 Å². The van der Waals surface area contributed by atoms with E-state index in [0.29, 0.717) is 17.1 Å². The number of nitrogens with one attached hydrogen (secondary N) is 1. The number of aryl methyl sites for hydroxylation is 1. The number of amides is 1. The number of methoxy groups -OCH3 is 1. The SMILES string of the molecule is COc1ccc(C)cc1NC(=O)c1cc(N)cnc1Cl. The van der Waals surface area contributed by atoms with Crippen molar-refractivity contribution in [3.8, 4) is 5.75 Å². The fourth-order valence-electron chi connectivity index (χ4n) is 1.73. The average molecular weight is 292 g/mol. The van der Waals surface area contributed by atoms with Crippen molar-refractivity contribution in [2.45, 2.75) is 6.92 Å². The summed E-state index contributed by atoms with van der Waals surface area (Å²) in [5, 5.41) is 2.84. The Morgan fingerprint density at radius 3 is 2.85 bits per heavy atom. The van der Waals surface area contributed by atoms with Crippen LogP contribution in [0, 0.1) is 6.92 Å². The number of nitrogens with zero attached hydrogens (tertiary/aromatic N) is 1.